The lowest BCUT2D eigenvalue weighted by Gasteiger charge is -2.12. The first kappa shape index (κ1) is 17.7. The van der Waals surface area contributed by atoms with E-state index in [4.69, 9.17) is 4.74 Å². The number of nitrogens with one attached hydrogen (secondary N) is 2. The lowest BCUT2D eigenvalue weighted by atomic mass is 10.1. The van der Waals surface area contributed by atoms with Crippen LogP contribution < -0.4 is 15.4 Å². The third-order valence-corrected chi connectivity index (χ3v) is 3.41. The Morgan fingerprint density at radius 2 is 2.00 bits per heavy atom. The van der Waals surface area contributed by atoms with Gasteiger partial charge in [0.05, 0.1) is 13.7 Å². The minimum absolute atomic E-state index is 0.216. The van der Waals surface area contributed by atoms with Crippen LogP contribution in [0, 0.1) is 5.82 Å². The van der Waals surface area contributed by atoms with Crippen LogP contribution in [0.4, 0.5) is 4.39 Å². The Morgan fingerprint density at radius 3 is 2.71 bits per heavy atom. The summed E-state index contributed by atoms with van der Waals surface area (Å²) in [5.41, 5.74) is 2.00. The zero-order valence-electron chi connectivity index (χ0n) is 14.1. The van der Waals surface area contributed by atoms with Gasteiger partial charge in [-0.3, -0.25) is 0 Å². The minimum Gasteiger partial charge on any atom is -0.481 e. The topological polar surface area (TPSA) is 58.5 Å². The molecule has 1 heterocycles. The van der Waals surface area contributed by atoms with Gasteiger partial charge in [0.25, 0.3) is 0 Å². The van der Waals surface area contributed by atoms with Crippen LogP contribution in [0.25, 0.3) is 0 Å². The number of pyridine rings is 1. The first-order chi connectivity index (χ1) is 11.7. The third-order valence-electron chi connectivity index (χ3n) is 3.41. The van der Waals surface area contributed by atoms with Crippen LogP contribution in [0.2, 0.25) is 0 Å². The molecule has 2 N–H and O–H groups in total. The molecular formula is C18H23FN4O. The second kappa shape index (κ2) is 9.50. The van der Waals surface area contributed by atoms with Gasteiger partial charge >= 0.3 is 0 Å². The van der Waals surface area contributed by atoms with Crippen molar-refractivity contribution in [3.63, 3.8) is 0 Å². The van der Waals surface area contributed by atoms with Gasteiger partial charge in [-0.15, -0.1) is 0 Å². The van der Waals surface area contributed by atoms with Gasteiger partial charge in [0.15, 0.2) is 5.96 Å². The Balaban J connectivity index is 1.91. The Bertz CT molecular complexity index is 658. The number of methoxy groups -OCH3 is 1. The van der Waals surface area contributed by atoms with Crippen molar-refractivity contribution in [1.29, 1.82) is 0 Å². The number of benzene rings is 1. The molecule has 0 aliphatic rings. The first-order valence-corrected chi connectivity index (χ1v) is 7.97. The maximum atomic E-state index is 12.9. The van der Waals surface area contributed by atoms with E-state index in [2.05, 4.69) is 20.6 Å². The number of ether oxygens (including phenoxy) is 1. The summed E-state index contributed by atoms with van der Waals surface area (Å²) in [5, 5.41) is 6.48. The molecule has 0 aliphatic carbocycles. The van der Waals surface area contributed by atoms with Crippen molar-refractivity contribution in [2.24, 2.45) is 4.99 Å². The van der Waals surface area contributed by atoms with Gasteiger partial charge in [0.1, 0.15) is 5.82 Å². The monoisotopic (exact) mass is 330 g/mol. The van der Waals surface area contributed by atoms with Crippen molar-refractivity contribution in [2.75, 3.05) is 20.2 Å². The van der Waals surface area contributed by atoms with Crippen LogP contribution in [0.3, 0.4) is 0 Å². The van der Waals surface area contributed by atoms with E-state index in [9.17, 15) is 4.39 Å². The van der Waals surface area contributed by atoms with Crippen LogP contribution in [-0.2, 0) is 13.0 Å². The van der Waals surface area contributed by atoms with Crippen molar-refractivity contribution in [3.8, 4) is 5.88 Å². The Morgan fingerprint density at radius 1 is 1.21 bits per heavy atom. The highest BCUT2D eigenvalue weighted by molar-refractivity contribution is 5.79. The van der Waals surface area contributed by atoms with Crippen LogP contribution in [0.5, 0.6) is 5.88 Å². The Kier molecular flexibility index (Phi) is 7.01. The molecular weight excluding hydrogens is 307 g/mol. The third kappa shape index (κ3) is 5.53. The molecule has 6 heteroatoms. The van der Waals surface area contributed by atoms with E-state index >= 15 is 0 Å². The molecule has 0 saturated carbocycles. The van der Waals surface area contributed by atoms with Crippen LogP contribution in [0.1, 0.15) is 18.1 Å². The molecule has 128 valence electrons. The molecule has 0 spiro atoms. The first-order valence-electron chi connectivity index (χ1n) is 7.97. The van der Waals surface area contributed by atoms with Crippen LogP contribution in [-0.4, -0.2) is 31.1 Å². The van der Waals surface area contributed by atoms with Gasteiger partial charge in [-0.1, -0.05) is 18.2 Å². The molecule has 0 atom stereocenters. The quantitative estimate of drug-likeness (QED) is 0.605. The highest BCUT2D eigenvalue weighted by Crippen LogP contribution is 2.14. The average Bonchev–Trinajstić information content (AvgIpc) is 2.61. The molecule has 0 fully saturated rings. The van der Waals surface area contributed by atoms with Crippen molar-refractivity contribution in [1.82, 2.24) is 15.6 Å². The summed E-state index contributed by atoms with van der Waals surface area (Å²) in [6, 6.07) is 10.3. The maximum absolute atomic E-state index is 12.9. The number of aliphatic imine (C=N–C) groups is 1. The highest BCUT2D eigenvalue weighted by Gasteiger charge is 2.03. The van der Waals surface area contributed by atoms with Crippen LogP contribution >= 0.6 is 0 Å². The van der Waals surface area contributed by atoms with E-state index in [1.165, 1.54) is 12.1 Å². The zero-order chi connectivity index (χ0) is 17.2. The number of aromatic nitrogens is 1. The van der Waals surface area contributed by atoms with Gasteiger partial charge in [0.2, 0.25) is 5.88 Å². The molecule has 0 saturated heterocycles. The minimum atomic E-state index is -0.216. The normalized spacial score (nSPS) is 11.2. The average molecular weight is 330 g/mol. The van der Waals surface area contributed by atoms with Gasteiger partial charge in [0, 0.05) is 24.8 Å². The molecule has 0 amide bonds. The predicted octanol–water partition coefficient (Wildman–Crippen LogP) is 2.53. The summed E-state index contributed by atoms with van der Waals surface area (Å²) < 4.78 is 18.1. The fourth-order valence-corrected chi connectivity index (χ4v) is 2.21. The Labute approximate surface area is 142 Å². The fraction of sp³-hybridized carbons (Fsp3) is 0.333. The maximum Gasteiger partial charge on any atom is 0.218 e. The van der Waals surface area contributed by atoms with E-state index in [-0.39, 0.29) is 5.82 Å². The van der Waals surface area contributed by atoms with Crippen molar-refractivity contribution in [3.05, 3.63) is 59.5 Å². The lowest BCUT2D eigenvalue weighted by molar-refractivity contribution is 0.392. The molecule has 0 bridgehead atoms. The lowest BCUT2D eigenvalue weighted by Crippen LogP contribution is -2.38. The summed E-state index contributed by atoms with van der Waals surface area (Å²) in [6.45, 7) is 3.97. The number of hydrogen-bond donors (Lipinski definition) is 2. The van der Waals surface area contributed by atoms with Gasteiger partial charge in [-0.25, -0.2) is 14.4 Å². The summed E-state index contributed by atoms with van der Waals surface area (Å²) in [6.07, 6.45) is 2.49. The predicted molar refractivity (Wildman–Crippen MR) is 93.7 cm³/mol. The van der Waals surface area contributed by atoms with Gasteiger partial charge < -0.3 is 15.4 Å². The molecule has 0 aliphatic heterocycles. The molecule has 5 nitrogen and oxygen atoms in total. The van der Waals surface area contributed by atoms with Crippen LogP contribution in [0.15, 0.2) is 47.6 Å². The van der Waals surface area contributed by atoms with Gasteiger partial charge in [-0.05, 0) is 37.1 Å². The zero-order valence-corrected chi connectivity index (χ0v) is 14.1. The summed E-state index contributed by atoms with van der Waals surface area (Å²) >= 11 is 0. The molecule has 1 aromatic carbocycles. The van der Waals surface area contributed by atoms with E-state index < -0.39 is 0 Å². The second-order valence-corrected chi connectivity index (χ2v) is 5.17. The number of hydrogen-bond acceptors (Lipinski definition) is 3. The van der Waals surface area contributed by atoms with E-state index in [0.717, 1.165) is 30.1 Å². The van der Waals surface area contributed by atoms with Crippen molar-refractivity contribution < 1.29 is 9.13 Å². The smallest absolute Gasteiger partial charge is 0.218 e. The number of halogens is 1. The van der Waals surface area contributed by atoms with E-state index in [0.29, 0.717) is 19.0 Å². The van der Waals surface area contributed by atoms with E-state index in [1.54, 1.807) is 25.4 Å². The highest BCUT2D eigenvalue weighted by atomic mass is 19.1. The largest absolute Gasteiger partial charge is 0.481 e. The summed E-state index contributed by atoms with van der Waals surface area (Å²) in [7, 11) is 1.60. The number of guanidine groups is 1. The molecule has 2 aromatic rings. The van der Waals surface area contributed by atoms with Gasteiger partial charge in [-0.2, -0.15) is 0 Å². The Hall–Kier alpha value is -2.63. The molecule has 2 rings (SSSR count). The molecule has 1 aromatic heterocycles. The summed E-state index contributed by atoms with van der Waals surface area (Å²) in [4.78, 5) is 8.72. The van der Waals surface area contributed by atoms with E-state index in [1.807, 2.05) is 19.1 Å². The number of nitrogens with zero attached hydrogens (tertiary/aromatic N) is 2. The molecule has 0 radical (unpaired) electrons. The summed E-state index contributed by atoms with van der Waals surface area (Å²) in [5.74, 6) is 1.10. The second-order valence-electron chi connectivity index (χ2n) is 5.17. The molecule has 0 unspecified atom stereocenters. The van der Waals surface area contributed by atoms with Crippen molar-refractivity contribution >= 4 is 5.96 Å². The fourth-order valence-electron chi connectivity index (χ4n) is 2.21. The molecule has 24 heavy (non-hydrogen) atoms. The SMILES string of the molecule is CCNC(=NCc1cccnc1OC)NCCc1ccc(F)cc1. The standard InChI is InChI=1S/C18H23FN4O/c1-3-20-18(22-12-10-14-6-8-16(19)9-7-14)23-13-15-5-4-11-21-17(15)24-2/h4-9,11H,3,10,12-13H2,1-2H3,(H2,20,22,23). The number of rotatable bonds is 7. The van der Waals surface area contributed by atoms with Crippen molar-refractivity contribution in [2.45, 2.75) is 19.9 Å².